The molecule has 66 valence electrons. The molecule has 0 bridgehead atoms. The van der Waals surface area contributed by atoms with Gasteiger partial charge in [0.05, 0.1) is 0 Å². The van der Waals surface area contributed by atoms with Gasteiger partial charge in [-0.25, -0.2) is 0 Å². The van der Waals surface area contributed by atoms with E-state index in [-0.39, 0.29) is 0 Å². The lowest BCUT2D eigenvalue weighted by molar-refractivity contribution is 0.558. The van der Waals surface area contributed by atoms with Crippen LogP contribution in [0, 0.1) is 30.1 Å². The fraction of sp³-hybridized carbons (Fsp3) is 0.667. The van der Waals surface area contributed by atoms with E-state index in [1.807, 2.05) is 0 Å². The molecule has 0 heterocycles. The van der Waals surface area contributed by atoms with Crippen molar-refractivity contribution in [2.24, 2.45) is 5.92 Å². The summed E-state index contributed by atoms with van der Waals surface area (Å²) in [6.45, 7) is 4.36. The van der Waals surface area contributed by atoms with Gasteiger partial charge in [-0.05, 0) is 18.8 Å². The first-order valence-corrected chi connectivity index (χ1v) is 4.70. The molecule has 0 rings (SSSR count). The highest BCUT2D eigenvalue weighted by atomic mass is 14.0. The van der Waals surface area contributed by atoms with Crippen molar-refractivity contribution in [1.82, 2.24) is 0 Å². The molecule has 0 aliphatic carbocycles. The van der Waals surface area contributed by atoms with Crippen LogP contribution in [-0.4, -0.2) is 0 Å². The maximum absolute atomic E-state index is 5.17. The molecule has 0 aromatic rings. The van der Waals surface area contributed by atoms with Crippen LogP contribution in [0.1, 0.15) is 46.0 Å². The fourth-order valence-corrected chi connectivity index (χ4v) is 0.892. The minimum atomic E-state index is 0.658. The molecule has 1 atom stereocenters. The van der Waals surface area contributed by atoms with Gasteiger partial charge in [-0.1, -0.05) is 13.8 Å². The van der Waals surface area contributed by atoms with Gasteiger partial charge in [0.25, 0.3) is 0 Å². The highest BCUT2D eigenvalue weighted by Gasteiger charge is 1.96. The summed E-state index contributed by atoms with van der Waals surface area (Å²) in [6.07, 6.45) is 10.4. The molecule has 0 aromatic carbocycles. The molecule has 0 amide bonds. The average molecular weight is 162 g/mol. The van der Waals surface area contributed by atoms with Crippen LogP contribution in [0.2, 0.25) is 0 Å². The Morgan fingerprint density at radius 1 is 1.25 bits per heavy atom. The number of hydrogen-bond acceptors (Lipinski definition) is 0. The lowest BCUT2D eigenvalue weighted by Gasteiger charge is -2.02. The van der Waals surface area contributed by atoms with Crippen molar-refractivity contribution in [3.63, 3.8) is 0 Å². The van der Waals surface area contributed by atoms with Crippen LogP contribution in [0.4, 0.5) is 0 Å². The normalized spacial score (nSPS) is 11.1. The molecule has 0 nitrogen and oxygen atoms in total. The second kappa shape index (κ2) is 8.22. The summed E-state index contributed by atoms with van der Waals surface area (Å²) in [5.74, 6) is 9.63. The lowest BCUT2D eigenvalue weighted by Crippen LogP contribution is -1.91. The third-order valence-electron chi connectivity index (χ3n) is 1.73. The molecule has 0 fully saturated rings. The molecule has 0 saturated heterocycles. The molecule has 1 unspecified atom stereocenters. The van der Waals surface area contributed by atoms with Gasteiger partial charge >= 0.3 is 0 Å². The molecule has 0 aromatic heterocycles. The number of rotatable bonds is 4. The van der Waals surface area contributed by atoms with E-state index in [1.165, 1.54) is 0 Å². The Labute approximate surface area is 76.8 Å². The number of unbranched alkanes of at least 4 members (excludes halogenated alkanes) is 1. The zero-order valence-corrected chi connectivity index (χ0v) is 8.19. The van der Waals surface area contributed by atoms with Crippen molar-refractivity contribution in [2.75, 3.05) is 0 Å². The quantitative estimate of drug-likeness (QED) is 0.557. The minimum Gasteiger partial charge on any atom is -0.120 e. The van der Waals surface area contributed by atoms with Gasteiger partial charge in [-0.15, -0.1) is 24.2 Å². The Kier molecular flexibility index (Phi) is 7.62. The second-order valence-electron chi connectivity index (χ2n) is 3.16. The van der Waals surface area contributed by atoms with Crippen LogP contribution in [-0.2, 0) is 0 Å². The van der Waals surface area contributed by atoms with Crippen molar-refractivity contribution in [2.45, 2.75) is 46.0 Å². The van der Waals surface area contributed by atoms with E-state index >= 15 is 0 Å². The smallest absolute Gasteiger partial charge is 0.0115 e. The van der Waals surface area contributed by atoms with Gasteiger partial charge in [-0.3, -0.25) is 0 Å². The third-order valence-corrected chi connectivity index (χ3v) is 1.73. The zero-order chi connectivity index (χ0) is 9.23. The molecular weight excluding hydrogens is 144 g/mol. The Morgan fingerprint density at radius 2 is 2.00 bits per heavy atom. The van der Waals surface area contributed by atoms with Crippen LogP contribution in [0.15, 0.2) is 0 Å². The van der Waals surface area contributed by atoms with E-state index < -0.39 is 0 Å². The van der Waals surface area contributed by atoms with E-state index in [1.54, 1.807) is 0 Å². The van der Waals surface area contributed by atoms with Crippen molar-refractivity contribution in [3.05, 3.63) is 0 Å². The molecule has 0 radical (unpaired) electrons. The number of terminal acetylenes is 1. The SMILES string of the molecule is C#CCCC(C)CC#CCCC. The maximum Gasteiger partial charge on any atom is 0.0115 e. The van der Waals surface area contributed by atoms with Crippen LogP contribution >= 0.6 is 0 Å². The highest BCUT2D eigenvalue weighted by Crippen LogP contribution is 2.08. The van der Waals surface area contributed by atoms with Crippen LogP contribution in [0.5, 0.6) is 0 Å². The molecule has 0 heteroatoms. The summed E-state index contributed by atoms with van der Waals surface area (Å²) in [5.41, 5.74) is 0. The Morgan fingerprint density at radius 3 is 2.58 bits per heavy atom. The summed E-state index contributed by atoms with van der Waals surface area (Å²) in [5, 5.41) is 0. The highest BCUT2D eigenvalue weighted by molar-refractivity contribution is 4.99. The average Bonchev–Trinajstić information content (AvgIpc) is 2.09. The molecule has 0 N–H and O–H groups in total. The Bertz CT molecular complexity index is 184. The van der Waals surface area contributed by atoms with Gasteiger partial charge in [0.15, 0.2) is 0 Å². The Hall–Kier alpha value is -0.880. The molecule has 12 heavy (non-hydrogen) atoms. The van der Waals surface area contributed by atoms with Gasteiger partial charge in [0.1, 0.15) is 0 Å². The van der Waals surface area contributed by atoms with Crippen molar-refractivity contribution in [1.29, 1.82) is 0 Å². The summed E-state index contributed by atoms with van der Waals surface area (Å²) in [6, 6.07) is 0. The van der Waals surface area contributed by atoms with E-state index in [2.05, 4.69) is 31.6 Å². The molecule has 0 saturated carbocycles. The largest absolute Gasteiger partial charge is 0.120 e. The Balaban J connectivity index is 3.39. The zero-order valence-electron chi connectivity index (χ0n) is 8.19. The second-order valence-corrected chi connectivity index (χ2v) is 3.16. The van der Waals surface area contributed by atoms with Crippen LogP contribution in [0.3, 0.4) is 0 Å². The van der Waals surface area contributed by atoms with Gasteiger partial charge in [0.2, 0.25) is 0 Å². The summed E-state index contributed by atoms with van der Waals surface area (Å²) in [7, 11) is 0. The van der Waals surface area contributed by atoms with E-state index in [9.17, 15) is 0 Å². The van der Waals surface area contributed by atoms with E-state index in [4.69, 9.17) is 6.42 Å². The van der Waals surface area contributed by atoms with Crippen molar-refractivity contribution >= 4 is 0 Å². The topological polar surface area (TPSA) is 0 Å². The van der Waals surface area contributed by atoms with Crippen LogP contribution in [0.25, 0.3) is 0 Å². The maximum atomic E-state index is 5.17. The van der Waals surface area contributed by atoms with Crippen molar-refractivity contribution < 1.29 is 0 Å². The van der Waals surface area contributed by atoms with E-state index in [0.29, 0.717) is 5.92 Å². The first-order valence-electron chi connectivity index (χ1n) is 4.70. The molecule has 0 aliphatic heterocycles. The standard InChI is InChI=1S/C12H18/c1-4-6-8-9-11-12(3)10-7-5-2/h2,12H,4,6-7,10-11H2,1,3H3. The first-order chi connectivity index (χ1) is 5.81. The van der Waals surface area contributed by atoms with Gasteiger partial charge in [0, 0.05) is 19.3 Å². The molecule has 0 aliphatic rings. The van der Waals surface area contributed by atoms with Crippen molar-refractivity contribution in [3.8, 4) is 24.2 Å². The molecule has 0 spiro atoms. The third kappa shape index (κ3) is 7.23. The molecular formula is C12H18. The van der Waals surface area contributed by atoms with E-state index in [0.717, 1.165) is 32.1 Å². The minimum absolute atomic E-state index is 0.658. The lowest BCUT2D eigenvalue weighted by atomic mass is 10.0. The predicted octanol–water partition coefficient (Wildman–Crippen LogP) is 3.23. The van der Waals surface area contributed by atoms with Gasteiger partial charge < -0.3 is 0 Å². The fourth-order valence-electron chi connectivity index (χ4n) is 0.892. The summed E-state index contributed by atoms with van der Waals surface area (Å²) in [4.78, 5) is 0. The van der Waals surface area contributed by atoms with Gasteiger partial charge in [-0.2, -0.15) is 0 Å². The number of hydrogen-bond donors (Lipinski definition) is 0. The monoisotopic (exact) mass is 162 g/mol. The predicted molar refractivity (Wildman–Crippen MR) is 54.5 cm³/mol. The summed E-state index contributed by atoms with van der Waals surface area (Å²) < 4.78 is 0. The van der Waals surface area contributed by atoms with Crippen LogP contribution < -0.4 is 0 Å². The summed E-state index contributed by atoms with van der Waals surface area (Å²) >= 11 is 0. The first kappa shape index (κ1) is 11.1.